The smallest absolute Gasteiger partial charge is 0.408 e. The van der Waals surface area contributed by atoms with Crippen molar-refractivity contribution in [2.24, 2.45) is 0 Å². The maximum Gasteiger partial charge on any atom is 0.408 e. The summed E-state index contributed by atoms with van der Waals surface area (Å²) in [5.41, 5.74) is 1.99. The number of ether oxygens (including phenoxy) is 1. The summed E-state index contributed by atoms with van der Waals surface area (Å²) in [6.07, 6.45) is -0.715. The van der Waals surface area contributed by atoms with E-state index in [9.17, 15) is 14.7 Å². The average molecular weight is 333 g/mol. The molecule has 0 aliphatic heterocycles. The lowest BCUT2D eigenvalue weighted by Gasteiger charge is -2.21. The molecule has 2 N–H and O–H groups in total. The third kappa shape index (κ3) is 4.28. The van der Waals surface area contributed by atoms with Gasteiger partial charge in [0.25, 0.3) is 0 Å². The van der Waals surface area contributed by atoms with Gasteiger partial charge in [-0.15, -0.1) is 0 Å². The summed E-state index contributed by atoms with van der Waals surface area (Å²) in [6.45, 7) is 9.01. The number of aryl methyl sites for hydroxylation is 2. The summed E-state index contributed by atoms with van der Waals surface area (Å²) >= 11 is 0. The van der Waals surface area contributed by atoms with E-state index in [2.05, 4.69) is 5.32 Å². The maximum atomic E-state index is 11.8. The molecule has 0 fully saturated rings. The molecule has 0 saturated carbocycles. The number of carbonyl (C=O) groups excluding carboxylic acids is 1. The Morgan fingerprint density at radius 1 is 1.29 bits per heavy atom. The first-order valence-electron chi connectivity index (χ1n) is 7.78. The Kier molecular flexibility index (Phi) is 4.87. The predicted molar refractivity (Wildman–Crippen MR) is 90.2 cm³/mol. The van der Waals surface area contributed by atoms with Gasteiger partial charge in [0.05, 0.1) is 0 Å². The van der Waals surface area contributed by atoms with Gasteiger partial charge in [-0.25, -0.2) is 9.59 Å². The summed E-state index contributed by atoms with van der Waals surface area (Å²) in [4.78, 5) is 23.3. The van der Waals surface area contributed by atoms with E-state index in [1.807, 2.05) is 32.0 Å². The van der Waals surface area contributed by atoms with Crippen LogP contribution in [0.1, 0.15) is 37.7 Å². The molecule has 1 heterocycles. The van der Waals surface area contributed by atoms with E-state index in [0.29, 0.717) is 11.3 Å². The first kappa shape index (κ1) is 17.8. The monoisotopic (exact) mass is 333 g/mol. The lowest BCUT2D eigenvalue weighted by molar-refractivity contribution is -0.139. The zero-order chi connectivity index (χ0) is 18.1. The number of furan rings is 1. The van der Waals surface area contributed by atoms with Crippen molar-refractivity contribution in [3.8, 4) is 0 Å². The van der Waals surface area contributed by atoms with Gasteiger partial charge in [-0.05, 0) is 52.3 Å². The minimum Gasteiger partial charge on any atom is -0.480 e. The number of rotatable bonds is 4. The highest BCUT2D eigenvalue weighted by atomic mass is 16.6. The highest BCUT2D eigenvalue weighted by molar-refractivity contribution is 5.84. The largest absolute Gasteiger partial charge is 0.480 e. The lowest BCUT2D eigenvalue weighted by Crippen LogP contribution is -2.44. The van der Waals surface area contributed by atoms with Gasteiger partial charge < -0.3 is 19.6 Å². The second kappa shape index (κ2) is 6.55. The Morgan fingerprint density at radius 2 is 1.96 bits per heavy atom. The topological polar surface area (TPSA) is 88.8 Å². The molecule has 24 heavy (non-hydrogen) atoms. The standard InChI is InChI=1S/C18H23NO5/c1-10-6-7-14-12(8-10)11(2)15(23-14)9-13(16(20)21)19-17(22)24-18(3,4)5/h6-8,13H,9H2,1-5H3,(H,19,22)(H,20,21). The Bertz CT molecular complexity index is 770. The number of carboxylic acid groups (broad SMARTS) is 1. The van der Waals surface area contributed by atoms with E-state index in [4.69, 9.17) is 9.15 Å². The fraction of sp³-hybridized carbons (Fsp3) is 0.444. The summed E-state index contributed by atoms with van der Waals surface area (Å²) < 4.78 is 10.9. The van der Waals surface area contributed by atoms with Crippen molar-refractivity contribution in [1.82, 2.24) is 5.32 Å². The molecule has 0 bridgehead atoms. The quantitative estimate of drug-likeness (QED) is 0.893. The van der Waals surface area contributed by atoms with Crippen LogP contribution in [0.3, 0.4) is 0 Å². The number of carboxylic acids is 1. The zero-order valence-corrected chi connectivity index (χ0v) is 14.6. The normalized spacial score (nSPS) is 12.9. The van der Waals surface area contributed by atoms with Gasteiger partial charge in [0.2, 0.25) is 0 Å². The van der Waals surface area contributed by atoms with E-state index < -0.39 is 23.7 Å². The molecule has 0 aliphatic rings. The van der Waals surface area contributed by atoms with Gasteiger partial charge in [0.15, 0.2) is 0 Å². The van der Waals surface area contributed by atoms with Crippen LogP contribution in [0.15, 0.2) is 22.6 Å². The molecule has 0 saturated heterocycles. The molecule has 0 aliphatic carbocycles. The van der Waals surface area contributed by atoms with Crippen LogP contribution in [0, 0.1) is 13.8 Å². The number of amides is 1. The summed E-state index contributed by atoms with van der Waals surface area (Å²) in [5, 5.41) is 12.7. The minimum absolute atomic E-state index is 0.0497. The molecule has 0 spiro atoms. The van der Waals surface area contributed by atoms with Crippen LogP contribution in [-0.4, -0.2) is 28.8 Å². The zero-order valence-electron chi connectivity index (χ0n) is 14.6. The number of aliphatic carboxylic acids is 1. The molecular weight excluding hydrogens is 310 g/mol. The number of benzene rings is 1. The van der Waals surface area contributed by atoms with E-state index in [-0.39, 0.29) is 6.42 Å². The predicted octanol–water partition coefficient (Wildman–Crippen LogP) is 3.57. The van der Waals surface area contributed by atoms with Gasteiger partial charge in [-0.3, -0.25) is 0 Å². The fourth-order valence-corrected chi connectivity index (χ4v) is 2.42. The number of fused-ring (bicyclic) bond motifs is 1. The maximum absolute atomic E-state index is 11.8. The van der Waals surface area contributed by atoms with Gasteiger partial charge in [0, 0.05) is 11.8 Å². The summed E-state index contributed by atoms with van der Waals surface area (Å²) in [6, 6.07) is 4.66. The van der Waals surface area contributed by atoms with Gasteiger partial charge in [-0.1, -0.05) is 11.6 Å². The molecular formula is C18H23NO5. The van der Waals surface area contributed by atoms with E-state index in [1.54, 1.807) is 20.8 Å². The molecule has 130 valence electrons. The van der Waals surface area contributed by atoms with Crippen molar-refractivity contribution in [2.75, 3.05) is 0 Å². The first-order valence-corrected chi connectivity index (χ1v) is 7.78. The van der Waals surface area contributed by atoms with Crippen molar-refractivity contribution in [3.05, 3.63) is 35.1 Å². The molecule has 1 aromatic heterocycles. The van der Waals surface area contributed by atoms with E-state index in [0.717, 1.165) is 16.5 Å². The number of hydrogen-bond donors (Lipinski definition) is 2. The van der Waals surface area contributed by atoms with E-state index in [1.165, 1.54) is 0 Å². The second-order valence-electron chi connectivity index (χ2n) is 6.89. The van der Waals surface area contributed by atoms with Crippen LogP contribution < -0.4 is 5.32 Å². The van der Waals surface area contributed by atoms with Crippen LogP contribution in [0.5, 0.6) is 0 Å². The van der Waals surface area contributed by atoms with Crippen molar-refractivity contribution in [3.63, 3.8) is 0 Å². The Morgan fingerprint density at radius 3 is 2.54 bits per heavy atom. The van der Waals surface area contributed by atoms with Gasteiger partial charge in [-0.2, -0.15) is 0 Å². The number of carbonyl (C=O) groups is 2. The molecule has 6 heteroatoms. The minimum atomic E-state index is -1.14. The van der Waals surface area contributed by atoms with Crippen molar-refractivity contribution in [1.29, 1.82) is 0 Å². The molecule has 6 nitrogen and oxygen atoms in total. The number of alkyl carbamates (subject to hydrolysis) is 1. The molecule has 1 amide bonds. The molecule has 2 aromatic rings. The Hall–Kier alpha value is -2.50. The fourth-order valence-electron chi connectivity index (χ4n) is 2.42. The van der Waals surface area contributed by atoms with Crippen molar-refractivity contribution in [2.45, 2.75) is 52.7 Å². The third-order valence-electron chi connectivity index (χ3n) is 3.57. The Balaban J connectivity index is 2.21. The third-order valence-corrected chi connectivity index (χ3v) is 3.57. The van der Waals surface area contributed by atoms with Gasteiger partial charge >= 0.3 is 12.1 Å². The van der Waals surface area contributed by atoms with Crippen LogP contribution in [0.2, 0.25) is 0 Å². The molecule has 1 aromatic carbocycles. The number of hydrogen-bond acceptors (Lipinski definition) is 4. The summed E-state index contributed by atoms with van der Waals surface area (Å²) in [5.74, 6) is -0.601. The molecule has 1 unspecified atom stereocenters. The highest BCUT2D eigenvalue weighted by Gasteiger charge is 2.26. The van der Waals surface area contributed by atoms with Crippen LogP contribution in [0.25, 0.3) is 11.0 Å². The van der Waals surface area contributed by atoms with Crippen LogP contribution >= 0.6 is 0 Å². The van der Waals surface area contributed by atoms with Crippen LogP contribution in [0.4, 0.5) is 4.79 Å². The molecule has 2 rings (SSSR count). The highest BCUT2D eigenvalue weighted by Crippen LogP contribution is 2.27. The van der Waals surface area contributed by atoms with Gasteiger partial charge in [0.1, 0.15) is 23.0 Å². The number of nitrogens with one attached hydrogen (secondary N) is 1. The van der Waals surface area contributed by atoms with Crippen LogP contribution in [-0.2, 0) is 16.0 Å². The first-order chi connectivity index (χ1) is 11.1. The second-order valence-corrected chi connectivity index (χ2v) is 6.89. The Labute approximate surface area is 140 Å². The van der Waals surface area contributed by atoms with Crippen molar-refractivity contribution < 1.29 is 23.8 Å². The van der Waals surface area contributed by atoms with Crippen molar-refractivity contribution >= 4 is 23.0 Å². The lowest BCUT2D eigenvalue weighted by atomic mass is 10.1. The van der Waals surface area contributed by atoms with E-state index >= 15 is 0 Å². The molecule has 0 radical (unpaired) electrons. The molecule has 1 atom stereocenters. The average Bonchev–Trinajstić information content (AvgIpc) is 2.73. The summed E-state index contributed by atoms with van der Waals surface area (Å²) in [7, 11) is 0. The SMILES string of the molecule is Cc1ccc2oc(CC(NC(=O)OC(C)(C)C)C(=O)O)c(C)c2c1.